The maximum Gasteiger partial charge on any atom is 0.339 e. The molecule has 1 aromatic carbocycles. The zero-order valence-electron chi connectivity index (χ0n) is 13.1. The summed E-state index contributed by atoms with van der Waals surface area (Å²) in [6.07, 6.45) is 1.26. The Morgan fingerprint density at radius 2 is 1.91 bits per heavy atom. The highest BCUT2D eigenvalue weighted by atomic mass is 35.5. The zero-order valence-corrected chi connectivity index (χ0v) is 13.9. The fraction of sp³-hybridized carbons (Fsp3) is 0.438. The van der Waals surface area contributed by atoms with E-state index in [1.807, 2.05) is 0 Å². The molecule has 6 nitrogen and oxygen atoms in total. The second kappa shape index (κ2) is 7.46. The van der Waals surface area contributed by atoms with Crippen LogP contribution in [-0.4, -0.2) is 42.9 Å². The summed E-state index contributed by atoms with van der Waals surface area (Å²) in [5.74, 6) is -0.792. The van der Waals surface area contributed by atoms with Gasteiger partial charge >= 0.3 is 5.97 Å². The van der Waals surface area contributed by atoms with Crippen LogP contribution in [0.25, 0.3) is 0 Å². The summed E-state index contributed by atoms with van der Waals surface area (Å²) in [6, 6.07) is 4.68. The summed E-state index contributed by atoms with van der Waals surface area (Å²) in [6.45, 7) is 2.70. The van der Waals surface area contributed by atoms with Gasteiger partial charge in [0.15, 0.2) is 0 Å². The summed E-state index contributed by atoms with van der Waals surface area (Å²) < 4.78 is 4.65. The van der Waals surface area contributed by atoms with E-state index >= 15 is 0 Å². The number of hydrogen-bond acceptors (Lipinski definition) is 4. The third-order valence-corrected chi connectivity index (χ3v) is 4.28. The van der Waals surface area contributed by atoms with Crippen molar-refractivity contribution >= 4 is 35.1 Å². The molecule has 0 unspecified atom stereocenters. The summed E-state index contributed by atoms with van der Waals surface area (Å²) in [5.41, 5.74) is 0.701. The first-order chi connectivity index (χ1) is 10.9. The molecule has 0 aromatic heterocycles. The van der Waals surface area contributed by atoms with E-state index in [1.54, 1.807) is 17.0 Å². The normalized spacial score (nSPS) is 15.2. The fourth-order valence-corrected chi connectivity index (χ4v) is 2.77. The molecule has 0 aliphatic carbocycles. The highest BCUT2D eigenvalue weighted by molar-refractivity contribution is 6.33. The van der Waals surface area contributed by atoms with Gasteiger partial charge < -0.3 is 15.0 Å². The number of esters is 1. The lowest BCUT2D eigenvalue weighted by atomic mass is 9.95. The molecule has 124 valence electrons. The van der Waals surface area contributed by atoms with Gasteiger partial charge in [0, 0.05) is 31.6 Å². The third kappa shape index (κ3) is 4.22. The Kier molecular flexibility index (Phi) is 5.60. The molecule has 1 aliphatic rings. The third-order valence-electron chi connectivity index (χ3n) is 3.95. The number of ether oxygens (including phenoxy) is 1. The Bertz CT molecular complexity index is 625. The standard InChI is InChI=1S/C16H19ClN2O4/c1-10(20)19-7-5-11(6-8-19)15(21)18-12-3-4-14(17)13(9-12)16(22)23-2/h3-4,9,11H,5-8H2,1-2H3,(H,18,21). The van der Waals surface area contributed by atoms with Crippen LogP contribution >= 0.6 is 11.6 Å². The number of methoxy groups -OCH3 is 1. The number of anilines is 1. The number of piperidine rings is 1. The van der Waals surface area contributed by atoms with Crippen LogP contribution in [0.15, 0.2) is 18.2 Å². The van der Waals surface area contributed by atoms with E-state index < -0.39 is 5.97 Å². The van der Waals surface area contributed by atoms with Crippen LogP contribution in [0.3, 0.4) is 0 Å². The van der Waals surface area contributed by atoms with E-state index in [9.17, 15) is 14.4 Å². The largest absolute Gasteiger partial charge is 0.465 e. The van der Waals surface area contributed by atoms with Crippen LogP contribution in [0.2, 0.25) is 5.02 Å². The highest BCUT2D eigenvalue weighted by Gasteiger charge is 2.26. The second-order valence-corrected chi connectivity index (χ2v) is 5.86. The van der Waals surface area contributed by atoms with Crippen LogP contribution in [0, 0.1) is 5.92 Å². The molecule has 23 heavy (non-hydrogen) atoms. The number of benzene rings is 1. The first kappa shape index (κ1) is 17.3. The molecular formula is C16H19ClN2O4. The smallest absolute Gasteiger partial charge is 0.339 e. The van der Waals surface area contributed by atoms with Crippen molar-refractivity contribution in [1.29, 1.82) is 0 Å². The number of likely N-dealkylation sites (tertiary alicyclic amines) is 1. The Hall–Kier alpha value is -2.08. The van der Waals surface area contributed by atoms with Gasteiger partial charge in [-0.25, -0.2) is 4.79 Å². The van der Waals surface area contributed by atoms with Crippen molar-refractivity contribution in [3.63, 3.8) is 0 Å². The van der Waals surface area contributed by atoms with E-state index in [-0.39, 0.29) is 28.3 Å². The van der Waals surface area contributed by atoms with Crippen molar-refractivity contribution in [2.24, 2.45) is 5.92 Å². The molecular weight excluding hydrogens is 320 g/mol. The van der Waals surface area contributed by atoms with Crippen LogP contribution in [0.1, 0.15) is 30.1 Å². The maximum atomic E-state index is 12.3. The monoisotopic (exact) mass is 338 g/mol. The van der Waals surface area contributed by atoms with Gasteiger partial charge in [0.25, 0.3) is 0 Å². The van der Waals surface area contributed by atoms with Gasteiger partial charge in [0.1, 0.15) is 0 Å². The summed E-state index contributed by atoms with van der Waals surface area (Å²) >= 11 is 5.95. The minimum atomic E-state index is -0.555. The Labute approximate surface area is 139 Å². The molecule has 1 aliphatic heterocycles. The summed E-state index contributed by atoms with van der Waals surface area (Å²) in [4.78, 5) is 37.0. The molecule has 1 N–H and O–H groups in total. The highest BCUT2D eigenvalue weighted by Crippen LogP contribution is 2.23. The van der Waals surface area contributed by atoms with E-state index in [0.717, 1.165) is 0 Å². The first-order valence-electron chi connectivity index (χ1n) is 7.36. The van der Waals surface area contributed by atoms with Crippen LogP contribution in [0.4, 0.5) is 5.69 Å². The Morgan fingerprint density at radius 1 is 1.26 bits per heavy atom. The first-order valence-corrected chi connectivity index (χ1v) is 7.74. The number of halogens is 1. The molecule has 2 rings (SSSR count). The van der Waals surface area contributed by atoms with Gasteiger partial charge in [-0.1, -0.05) is 11.6 Å². The van der Waals surface area contributed by atoms with E-state index in [1.165, 1.54) is 20.1 Å². The molecule has 0 saturated carbocycles. The average molecular weight is 339 g/mol. The lowest BCUT2D eigenvalue weighted by Crippen LogP contribution is -2.40. The summed E-state index contributed by atoms with van der Waals surface area (Å²) in [7, 11) is 1.27. The van der Waals surface area contributed by atoms with Crippen molar-refractivity contribution in [3.8, 4) is 0 Å². The predicted molar refractivity (Wildman–Crippen MR) is 86.4 cm³/mol. The molecule has 1 saturated heterocycles. The van der Waals surface area contributed by atoms with Crippen LogP contribution < -0.4 is 5.32 Å². The Balaban J connectivity index is 2.01. The van der Waals surface area contributed by atoms with Crippen molar-refractivity contribution in [3.05, 3.63) is 28.8 Å². The van der Waals surface area contributed by atoms with Crippen molar-refractivity contribution in [1.82, 2.24) is 4.90 Å². The lowest BCUT2D eigenvalue weighted by Gasteiger charge is -2.30. The topological polar surface area (TPSA) is 75.7 Å². The fourth-order valence-electron chi connectivity index (χ4n) is 2.57. The zero-order chi connectivity index (χ0) is 17.0. The average Bonchev–Trinajstić information content (AvgIpc) is 2.55. The van der Waals surface area contributed by atoms with E-state index in [4.69, 9.17) is 11.6 Å². The molecule has 0 bridgehead atoms. The van der Waals surface area contributed by atoms with Gasteiger partial charge in [-0.2, -0.15) is 0 Å². The predicted octanol–water partition coefficient (Wildman–Crippen LogP) is 2.32. The Morgan fingerprint density at radius 3 is 2.48 bits per heavy atom. The van der Waals surface area contributed by atoms with Gasteiger partial charge in [0.2, 0.25) is 11.8 Å². The quantitative estimate of drug-likeness (QED) is 0.858. The van der Waals surface area contributed by atoms with Gasteiger partial charge in [-0.15, -0.1) is 0 Å². The number of carbonyl (C=O) groups excluding carboxylic acids is 3. The second-order valence-electron chi connectivity index (χ2n) is 5.46. The number of nitrogens with one attached hydrogen (secondary N) is 1. The molecule has 2 amide bonds. The molecule has 1 aromatic rings. The minimum absolute atomic E-state index is 0.0317. The van der Waals surface area contributed by atoms with Crippen molar-refractivity contribution in [2.45, 2.75) is 19.8 Å². The van der Waals surface area contributed by atoms with Crippen LogP contribution in [-0.2, 0) is 14.3 Å². The molecule has 0 radical (unpaired) electrons. The van der Waals surface area contributed by atoms with E-state index in [0.29, 0.717) is 31.6 Å². The van der Waals surface area contributed by atoms with Gasteiger partial charge in [0.05, 0.1) is 17.7 Å². The number of hydrogen-bond donors (Lipinski definition) is 1. The SMILES string of the molecule is COC(=O)c1cc(NC(=O)C2CCN(C(C)=O)CC2)ccc1Cl. The number of carbonyl (C=O) groups is 3. The number of amides is 2. The molecule has 1 heterocycles. The van der Waals surface area contributed by atoms with E-state index in [2.05, 4.69) is 10.1 Å². The van der Waals surface area contributed by atoms with Crippen molar-refractivity contribution < 1.29 is 19.1 Å². The van der Waals surface area contributed by atoms with Gasteiger partial charge in [-0.05, 0) is 31.0 Å². The molecule has 0 spiro atoms. The molecule has 7 heteroatoms. The molecule has 1 fully saturated rings. The maximum absolute atomic E-state index is 12.3. The van der Waals surface area contributed by atoms with Crippen LogP contribution in [0.5, 0.6) is 0 Å². The lowest BCUT2D eigenvalue weighted by molar-refractivity contribution is -0.132. The minimum Gasteiger partial charge on any atom is -0.465 e. The van der Waals surface area contributed by atoms with Crippen molar-refractivity contribution in [2.75, 3.05) is 25.5 Å². The van der Waals surface area contributed by atoms with Gasteiger partial charge in [-0.3, -0.25) is 9.59 Å². The summed E-state index contributed by atoms with van der Waals surface area (Å²) in [5, 5.41) is 3.06. The molecule has 0 atom stereocenters. The number of nitrogens with zero attached hydrogens (tertiary/aromatic N) is 1. The number of rotatable bonds is 3.